The van der Waals surface area contributed by atoms with Crippen molar-refractivity contribution in [2.75, 3.05) is 19.1 Å². The van der Waals surface area contributed by atoms with Gasteiger partial charge in [0.2, 0.25) is 11.8 Å². The molecule has 2 atom stereocenters. The maximum atomic E-state index is 13.0. The third-order valence-electron chi connectivity index (χ3n) is 6.19. The molecule has 154 valence electrons. The fourth-order valence-corrected chi connectivity index (χ4v) is 4.70. The van der Waals surface area contributed by atoms with Gasteiger partial charge in [-0.15, -0.1) is 0 Å². The smallest absolute Gasteiger partial charge is 0.237 e. The molecule has 2 heterocycles. The first kappa shape index (κ1) is 19.5. The molecule has 7 nitrogen and oxygen atoms in total. The van der Waals surface area contributed by atoms with Crippen LogP contribution in [0.25, 0.3) is 0 Å². The number of amides is 2. The molecule has 0 radical (unpaired) electrons. The molecule has 2 fully saturated rings. The highest BCUT2D eigenvalue weighted by Crippen LogP contribution is 2.41. The Morgan fingerprint density at radius 1 is 1.00 bits per heavy atom. The molecule has 0 bridgehead atoms. The maximum absolute atomic E-state index is 13.0. The average molecular weight is 397 g/mol. The second-order valence-corrected chi connectivity index (χ2v) is 7.88. The van der Waals surface area contributed by atoms with Crippen LogP contribution in [0.1, 0.15) is 42.6 Å². The third kappa shape index (κ3) is 3.18. The molecule has 0 spiro atoms. The minimum atomic E-state index is -0.163. The van der Waals surface area contributed by atoms with Crippen molar-refractivity contribution in [1.82, 2.24) is 9.78 Å². The van der Waals surface area contributed by atoms with Gasteiger partial charge < -0.3 is 9.47 Å². The van der Waals surface area contributed by atoms with E-state index in [9.17, 15) is 9.59 Å². The van der Waals surface area contributed by atoms with Crippen molar-refractivity contribution >= 4 is 17.5 Å². The Kier molecular flexibility index (Phi) is 5.06. The van der Waals surface area contributed by atoms with Crippen LogP contribution in [-0.4, -0.2) is 35.8 Å². The number of benzene rings is 1. The summed E-state index contributed by atoms with van der Waals surface area (Å²) in [6.07, 6.45) is 3.66. The number of methoxy groups -OCH3 is 2. The Morgan fingerprint density at radius 2 is 1.62 bits per heavy atom. The predicted molar refractivity (Wildman–Crippen MR) is 108 cm³/mol. The van der Waals surface area contributed by atoms with Crippen LogP contribution in [0.5, 0.6) is 11.5 Å². The number of carbonyl (C=O) groups is 2. The number of aromatic nitrogens is 2. The molecule has 1 aliphatic heterocycles. The molecule has 1 aliphatic carbocycles. The third-order valence-corrected chi connectivity index (χ3v) is 6.19. The predicted octanol–water partition coefficient (Wildman–Crippen LogP) is 3.25. The number of nitrogens with zero attached hydrogens (tertiary/aromatic N) is 3. The number of carbonyl (C=O) groups excluding carboxylic acids is 2. The first-order chi connectivity index (χ1) is 14.0. The molecular weight excluding hydrogens is 370 g/mol. The van der Waals surface area contributed by atoms with E-state index in [1.54, 1.807) is 14.2 Å². The number of hydrogen-bond acceptors (Lipinski definition) is 5. The van der Waals surface area contributed by atoms with Gasteiger partial charge in [0.1, 0.15) is 0 Å². The average Bonchev–Trinajstić information content (AvgIpc) is 3.14. The van der Waals surface area contributed by atoms with Gasteiger partial charge in [0.05, 0.1) is 49.7 Å². The summed E-state index contributed by atoms with van der Waals surface area (Å²) in [7, 11) is 3.21. The molecule has 4 rings (SSSR count). The van der Waals surface area contributed by atoms with Crippen LogP contribution in [0, 0.1) is 25.7 Å². The van der Waals surface area contributed by atoms with Crippen LogP contribution in [0.15, 0.2) is 18.2 Å². The van der Waals surface area contributed by atoms with E-state index in [2.05, 4.69) is 5.10 Å². The molecule has 7 heteroatoms. The van der Waals surface area contributed by atoms with Crippen molar-refractivity contribution in [3.05, 3.63) is 35.2 Å². The molecular formula is C22H27N3O4. The highest BCUT2D eigenvalue weighted by molar-refractivity contribution is 6.22. The van der Waals surface area contributed by atoms with Crippen LogP contribution < -0.4 is 14.4 Å². The van der Waals surface area contributed by atoms with Gasteiger partial charge in [0, 0.05) is 0 Å². The van der Waals surface area contributed by atoms with Crippen LogP contribution in [0.2, 0.25) is 0 Å². The number of imide groups is 1. The monoisotopic (exact) mass is 397 g/mol. The molecule has 0 N–H and O–H groups in total. The first-order valence-electron chi connectivity index (χ1n) is 10.1. The van der Waals surface area contributed by atoms with Crippen LogP contribution in [-0.2, 0) is 16.1 Å². The topological polar surface area (TPSA) is 73.7 Å². The Labute approximate surface area is 170 Å². The van der Waals surface area contributed by atoms with Gasteiger partial charge in [-0.1, -0.05) is 18.9 Å². The SMILES string of the molecule is COc1ccc(Cn2nc(C)c(N3C(=O)C4CCCCC4C3=O)c2C)cc1OC. The van der Waals surface area contributed by atoms with Crippen LogP contribution >= 0.6 is 0 Å². The molecule has 2 aromatic rings. The highest BCUT2D eigenvalue weighted by Gasteiger charge is 2.50. The van der Waals surface area contributed by atoms with E-state index in [1.165, 1.54) is 4.90 Å². The fraction of sp³-hybridized carbons (Fsp3) is 0.500. The van der Waals surface area contributed by atoms with E-state index < -0.39 is 0 Å². The standard InChI is InChI=1S/C22H27N3O4/c1-13-20(25-21(26)16-7-5-6-8-17(16)22(25)27)14(2)24(23-13)12-15-9-10-18(28-3)19(11-15)29-4/h9-11,16-17H,5-8,12H2,1-4H3. The van der Waals surface area contributed by atoms with Gasteiger partial charge in [-0.25, -0.2) is 4.90 Å². The Bertz CT molecular complexity index is 941. The summed E-state index contributed by atoms with van der Waals surface area (Å²) >= 11 is 0. The fourth-order valence-electron chi connectivity index (χ4n) is 4.70. The zero-order valence-electron chi connectivity index (χ0n) is 17.4. The summed E-state index contributed by atoms with van der Waals surface area (Å²) in [5, 5.41) is 4.63. The van der Waals surface area contributed by atoms with E-state index >= 15 is 0 Å². The van der Waals surface area contributed by atoms with Gasteiger partial charge >= 0.3 is 0 Å². The number of fused-ring (bicyclic) bond motifs is 1. The largest absolute Gasteiger partial charge is 0.493 e. The zero-order chi connectivity index (χ0) is 20.7. The van der Waals surface area contributed by atoms with Crippen molar-refractivity contribution in [1.29, 1.82) is 0 Å². The van der Waals surface area contributed by atoms with E-state index in [0.717, 1.165) is 36.9 Å². The van der Waals surface area contributed by atoms with Crippen molar-refractivity contribution in [3.8, 4) is 11.5 Å². The Balaban J connectivity index is 1.65. The van der Waals surface area contributed by atoms with Crippen molar-refractivity contribution in [2.45, 2.75) is 46.1 Å². The summed E-state index contributed by atoms with van der Waals surface area (Å²) in [5.41, 5.74) is 3.16. The van der Waals surface area contributed by atoms with Crippen molar-refractivity contribution in [3.63, 3.8) is 0 Å². The molecule has 1 saturated carbocycles. The lowest BCUT2D eigenvalue weighted by Crippen LogP contribution is -2.31. The molecule has 2 unspecified atom stereocenters. The molecule has 2 aliphatic rings. The minimum Gasteiger partial charge on any atom is -0.493 e. The Hall–Kier alpha value is -2.83. The Morgan fingerprint density at radius 3 is 2.21 bits per heavy atom. The first-order valence-corrected chi connectivity index (χ1v) is 10.1. The molecule has 1 saturated heterocycles. The van der Waals surface area contributed by atoms with Gasteiger partial charge in [0.15, 0.2) is 11.5 Å². The summed E-state index contributed by atoms with van der Waals surface area (Å²) in [5.74, 6) is 0.878. The number of hydrogen-bond donors (Lipinski definition) is 0. The number of anilines is 1. The molecule has 2 amide bonds. The summed E-state index contributed by atoms with van der Waals surface area (Å²) in [6.45, 7) is 4.28. The normalized spacial score (nSPS) is 21.4. The van der Waals surface area contributed by atoms with E-state index in [1.807, 2.05) is 36.7 Å². The van der Waals surface area contributed by atoms with Gasteiger partial charge in [-0.2, -0.15) is 5.10 Å². The summed E-state index contributed by atoms with van der Waals surface area (Å²) < 4.78 is 12.5. The van der Waals surface area contributed by atoms with Gasteiger partial charge in [-0.3, -0.25) is 14.3 Å². The summed E-state index contributed by atoms with van der Waals surface area (Å²) in [6, 6.07) is 5.73. The van der Waals surface area contributed by atoms with E-state index in [-0.39, 0.29) is 23.7 Å². The lowest BCUT2D eigenvalue weighted by atomic mass is 9.81. The van der Waals surface area contributed by atoms with Crippen molar-refractivity contribution < 1.29 is 19.1 Å². The molecule has 29 heavy (non-hydrogen) atoms. The number of aryl methyl sites for hydroxylation is 1. The second kappa shape index (κ2) is 7.54. The lowest BCUT2D eigenvalue weighted by Gasteiger charge is -2.19. The molecule has 1 aromatic carbocycles. The van der Waals surface area contributed by atoms with Crippen LogP contribution in [0.4, 0.5) is 5.69 Å². The maximum Gasteiger partial charge on any atom is 0.237 e. The quantitative estimate of drug-likeness (QED) is 0.724. The number of rotatable bonds is 5. The van der Waals surface area contributed by atoms with Gasteiger partial charge in [0.25, 0.3) is 0 Å². The van der Waals surface area contributed by atoms with Crippen molar-refractivity contribution in [2.24, 2.45) is 11.8 Å². The second-order valence-electron chi connectivity index (χ2n) is 7.88. The van der Waals surface area contributed by atoms with E-state index in [4.69, 9.17) is 9.47 Å². The van der Waals surface area contributed by atoms with E-state index in [0.29, 0.717) is 29.4 Å². The zero-order valence-corrected chi connectivity index (χ0v) is 17.4. The molecule has 1 aromatic heterocycles. The number of ether oxygens (including phenoxy) is 2. The van der Waals surface area contributed by atoms with Crippen LogP contribution in [0.3, 0.4) is 0 Å². The minimum absolute atomic E-state index is 0.0587. The summed E-state index contributed by atoms with van der Waals surface area (Å²) in [4.78, 5) is 27.4. The lowest BCUT2D eigenvalue weighted by molar-refractivity contribution is -0.122. The van der Waals surface area contributed by atoms with Gasteiger partial charge in [-0.05, 0) is 44.4 Å². The highest BCUT2D eigenvalue weighted by atomic mass is 16.5.